The minimum atomic E-state index is -0.734. The van der Waals surface area contributed by atoms with E-state index in [1.165, 1.54) is 0 Å². The molecule has 25 heavy (non-hydrogen) atoms. The number of amides is 3. The molecule has 7 heteroatoms. The van der Waals surface area contributed by atoms with E-state index >= 15 is 0 Å². The van der Waals surface area contributed by atoms with Gasteiger partial charge in [0.05, 0.1) is 12.8 Å². The molecule has 136 valence electrons. The van der Waals surface area contributed by atoms with Gasteiger partial charge < -0.3 is 14.6 Å². The number of aryl methyl sites for hydroxylation is 1. The fraction of sp³-hybridized carbons (Fsp3) is 0.611. The van der Waals surface area contributed by atoms with Crippen molar-refractivity contribution in [1.82, 2.24) is 14.9 Å². The maximum absolute atomic E-state index is 12.7. The number of methoxy groups -OCH3 is 1. The molecule has 0 unspecified atom stereocenters. The summed E-state index contributed by atoms with van der Waals surface area (Å²) in [4.78, 5) is 25.0. The maximum Gasteiger partial charge on any atom is 0.346 e. The summed E-state index contributed by atoms with van der Waals surface area (Å²) >= 11 is 0. The van der Waals surface area contributed by atoms with Crippen molar-refractivity contribution < 1.29 is 14.3 Å². The predicted molar refractivity (Wildman–Crippen MR) is 94.6 cm³/mol. The zero-order valence-electron chi connectivity index (χ0n) is 15.2. The predicted octanol–water partition coefficient (Wildman–Crippen LogP) is 2.34. The Morgan fingerprint density at radius 1 is 1.28 bits per heavy atom. The third-order valence-corrected chi connectivity index (χ3v) is 5.29. The maximum atomic E-state index is 12.7. The first kappa shape index (κ1) is 17.7. The van der Waals surface area contributed by atoms with Crippen LogP contribution in [-0.4, -0.2) is 47.0 Å². The zero-order chi connectivity index (χ0) is 18.0. The number of nitrogens with one attached hydrogen (secondary N) is 1. The van der Waals surface area contributed by atoms with E-state index < -0.39 is 11.6 Å². The third kappa shape index (κ3) is 3.20. The number of aromatic nitrogens is 1. The third-order valence-electron chi connectivity index (χ3n) is 5.29. The highest BCUT2D eigenvalue weighted by atomic mass is 16.5. The first-order valence-electron chi connectivity index (χ1n) is 8.85. The Labute approximate surface area is 148 Å². The summed E-state index contributed by atoms with van der Waals surface area (Å²) in [6, 6.07) is 1.58. The molecule has 3 rings (SSSR count). The SMILES string of the molecule is COCCn1c(C)cc(/C=N/N2C(=O)NC3(CCCCC3)C2=O)c1C. The number of imide groups is 1. The number of hydrogen-bond acceptors (Lipinski definition) is 4. The fourth-order valence-corrected chi connectivity index (χ4v) is 3.81. The van der Waals surface area contributed by atoms with Crippen LogP contribution < -0.4 is 5.32 Å². The van der Waals surface area contributed by atoms with E-state index in [-0.39, 0.29) is 5.91 Å². The number of urea groups is 1. The first-order chi connectivity index (χ1) is 12.0. The summed E-state index contributed by atoms with van der Waals surface area (Å²) in [5, 5.41) is 8.06. The van der Waals surface area contributed by atoms with Crippen molar-refractivity contribution in [3.63, 3.8) is 0 Å². The lowest BCUT2D eigenvalue weighted by molar-refractivity contribution is -0.132. The van der Waals surface area contributed by atoms with Crippen molar-refractivity contribution in [1.29, 1.82) is 0 Å². The molecule has 1 saturated carbocycles. The van der Waals surface area contributed by atoms with Gasteiger partial charge in [-0.05, 0) is 32.8 Å². The number of nitrogens with zero attached hydrogens (tertiary/aromatic N) is 3. The Kier molecular flexibility index (Phi) is 4.94. The molecule has 0 aromatic carbocycles. The molecule has 2 aliphatic rings. The molecular formula is C18H26N4O3. The largest absolute Gasteiger partial charge is 0.383 e. The zero-order valence-corrected chi connectivity index (χ0v) is 15.2. The van der Waals surface area contributed by atoms with Crippen molar-refractivity contribution in [3.05, 3.63) is 23.0 Å². The molecule has 0 bridgehead atoms. The van der Waals surface area contributed by atoms with E-state index in [0.29, 0.717) is 19.4 Å². The molecule has 0 atom stereocenters. The highest BCUT2D eigenvalue weighted by molar-refractivity contribution is 6.07. The highest BCUT2D eigenvalue weighted by Crippen LogP contribution is 2.33. The molecule has 1 spiro atoms. The summed E-state index contributed by atoms with van der Waals surface area (Å²) in [6.07, 6.45) is 6.05. The standard InChI is InChI=1S/C18H26N4O3/c1-13-11-15(14(2)21(13)9-10-25-3)12-19-22-16(23)18(20-17(22)24)7-5-4-6-8-18/h11-12H,4-10H2,1-3H3,(H,20,24)/b19-12+. The lowest BCUT2D eigenvalue weighted by Crippen LogP contribution is -2.48. The van der Waals surface area contributed by atoms with Crippen LogP contribution in [0.3, 0.4) is 0 Å². The lowest BCUT2D eigenvalue weighted by Gasteiger charge is -2.29. The van der Waals surface area contributed by atoms with Crippen molar-refractivity contribution in [2.75, 3.05) is 13.7 Å². The van der Waals surface area contributed by atoms with Gasteiger partial charge in [0.25, 0.3) is 5.91 Å². The molecule has 1 aromatic heterocycles. The smallest absolute Gasteiger partial charge is 0.346 e. The summed E-state index contributed by atoms with van der Waals surface area (Å²) < 4.78 is 7.28. The van der Waals surface area contributed by atoms with Gasteiger partial charge in [-0.15, -0.1) is 5.01 Å². The molecule has 7 nitrogen and oxygen atoms in total. The van der Waals surface area contributed by atoms with Crippen LogP contribution in [0, 0.1) is 13.8 Å². The van der Waals surface area contributed by atoms with Crippen molar-refractivity contribution >= 4 is 18.2 Å². The average Bonchev–Trinajstić information content (AvgIpc) is 2.99. The Morgan fingerprint density at radius 2 is 2.00 bits per heavy atom. The average molecular weight is 346 g/mol. The fourth-order valence-electron chi connectivity index (χ4n) is 3.81. The van der Waals surface area contributed by atoms with Crippen LogP contribution in [0.4, 0.5) is 4.79 Å². The van der Waals surface area contributed by atoms with E-state index in [9.17, 15) is 9.59 Å². The number of hydrazone groups is 1. The van der Waals surface area contributed by atoms with Gasteiger partial charge in [0.1, 0.15) is 5.54 Å². The number of rotatable bonds is 5. The summed E-state index contributed by atoms with van der Waals surface area (Å²) in [7, 11) is 1.68. The van der Waals surface area contributed by atoms with E-state index in [1.807, 2.05) is 19.9 Å². The minimum Gasteiger partial charge on any atom is -0.383 e. The van der Waals surface area contributed by atoms with E-state index in [0.717, 1.165) is 47.8 Å². The van der Waals surface area contributed by atoms with E-state index in [1.54, 1.807) is 13.3 Å². The summed E-state index contributed by atoms with van der Waals surface area (Å²) in [5.41, 5.74) is 2.30. The van der Waals surface area contributed by atoms with Crippen LogP contribution in [0.15, 0.2) is 11.2 Å². The Morgan fingerprint density at radius 3 is 2.68 bits per heavy atom. The summed E-state index contributed by atoms with van der Waals surface area (Å²) in [6.45, 7) is 5.40. The van der Waals surface area contributed by atoms with Gasteiger partial charge in [0.2, 0.25) is 0 Å². The molecule has 0 radical (unpaired) electrons. The molecular weight excluding hydrogens is 320 g/mol. The van der Waals surface area contributed by atoms with E-state index in [2.05, 4.69) is 15.0 Å². The second-order valence-corrected chi connectivity index (χ2v) is 6.91. The Hall–Kier alpha value is -2.15. The van der Waals surface area contributed by atoms with Gasteiger partial charge in [-0.2, -0.15) is 5.10 Å². The number of hydrogen-bond donors (Lipinski definition) is 1. The molecule has 1 saturated heterocycles. The van der Waals surface area contributed by atoms with Crippen LogP contribution in [0.5, 0.6) is 0 Å². The monoisotopic (exact) mass is 346 g/mol. The van der Waals surface area contributed by atoms with Gasteiger partial charge in [-0.1, -0.05) is 19.3 Å². The molecule has 2 heterocycles. The van der Waals surface area contributed by atoms with Crippen LogP contribution in [-0.2, 0) is 16.1 Å². The second-order valence-electron chi connectivity index (χ2n) is 6.91. The minimum absolute atomic E-state index is 0.221. The van der Waals surface area contributed by atoms with Gasteiger partial charge in [-0.3, -0.25) is 4.79 Å². The Bertz CT molecular complexity index is 701. The van der Waals surface area contributed by atoms with E-state index in [4.69, 9.17) is 4.74 Å². The quantitative estimate of drug-likeness (QED) is 0.657. The van der Waals surface area contributed by atoms with Gasteiger partial charge in [-0.25, -0.2) is 4.79 Å². The Balaban J connectivity index is 1.78. The molecule has 1 N–H and O–H groups in total. The second kappa shape index (κ2) is 7.00. The van der Waals surface area contributed by atoms with Crippen molar-refractivity contribution in [2.24, 2.45) is 5.10 Å². The molecule has 1 aliphatic heterocycles. The van der Waals surface area contributed by atoms with Crippen LogP contribution in [0.25, 0.3) is 0 Å². The molecule has 1 aromatic rings. The van der Waals surface area contributed by atoms with Crippen molar-refractivity contribution in [3.8, 4) is 0 Å². The van der Waals surface area contributed by atoms with Crippen LogP contribution in [0.1, 0.15) is 49.1 Å². The lowest BCUT2D eigenvalue weighted by atomic mass is 9.82. The van der Waals surface area contributed by atoms with Gasteiger partial charge in [0.15, 0.2) is 0 Å². The van der Waals surface area contributed by atoms with Gasteiger partial charge >= 0.3 is 6.03 Å². The number of carbonyl (C=O) groups excluding carboxylic acids is 2. The van der Waals surface area contributed by atoms with Crippen molar-refractivity contribution in [2.45, 2.75) is 58.0 Å². The number of ether oxygens (including phenoxy) is 1. The van der Waals surface area contributed by atoms with Crippen LogP contribution >= 0.6 is 0 Å². The molecule has 3 amide bonds. The first-order valence-corrected chi connectivity index (χ1v) is 8.85. The number of carbonyl (C=O) groups is 2. The summed E-state index contributed by atoms with van der Waals surface area (Å²) in [5.74, 6) is -0.221. The van der Waals surface area contributed by atoms with Gasteiger partial charge in [0, 0.05) is 30.6 Å². The molecule has 1 aliphatic carbocycles. The normalized spacial score (nSPS) is 20.0. The topological polar surface area (TPSA) is 75.9 Å². The van der Waals surface area contributed by atoms with Crippen LogP contribution in [0.2, 0.25) is 0 Å². The molecule has 2 fully saturated rings. The highest BCUT2D eigenvalue weighted by Gasteiger charge is 2.51.